The number of ether oxygens (including phenoxy) is 1. The highest BCUT2D eigenvalue weighted by Gasteiger charge is 2.35. The fraction of sp³-hybridized carbons (Fsp3) is 0.0417. The van der Waals surface area contributed by atoms with Gasteiger partial charge in [-0.1, -0.05) is 53.5 Å². The van der Waals surface area contributed by atoms with E-state index >= 15 is 0 Å². The van der Waals surface area contributed by atoms with Gasteiger partial charge in [0.15, 0.2) is 0 Å². The number of esters is 1. The van der Waals surface area contributed by atoms with E-state index in [0.29, 0.717) is 37.4 Å². The van der Waals surface area contributed by atoms with Gasteiger partial charge < -0.3 is 4.74 Å². The van der Waals surface area contributed by atoms with E-state index in [-0.39, 0.29) is 17.7 Å². The van der Waals surface area contributed by atoms with Crippen molar-refractivity contribution in [1.29, 1.82) is 0 Å². The van der Waals surface area contributed by atoms with E-state index in [1.807, 2.05) is 0 Å². The van der Waals surface area contributed by atoms with Crippen LogP contribution in [0.15, 0.2) is 77.7 Å². The predicted molar refractivity (Wildman–Crippen MR) is 126 cm³/mol. The Morgan fingerprint density at radius 3 is 2.31 bits per heavy atom. The molecule has 0 radical (unpaired) electrons. The molecule has 160 valence electrons. The summed E-state index contributed by atoms with van der Waals surface area (Å²) in [6.45, 7) is 0.112. The Labute approximate surface area is 198 Å². The summed E-state index contributed by atoms with van der Waals surface area (Å²) in [5, 5.41) is 0.677. The third kappa shape index (κ3) is 5.05. The van der Waals surface area contributed by atoms with Crippen molar-refractivity contribution < 1.29 is 19.1 Å². The Morgan fingerprint density at radius 2 is 1.62 bits per heavy atom. The van der Waals surface area contributed by atoms with Crippen LogP contribution in [0.4, 0.5) is 4.79 Å². The molecule has 0 bridgehead atoms. The van der Waals surface area contributed by atoms with Crippen LogP contribution in [0.2, 0.25) is 10.0 Å². The van der Waals surface area contributed by atoms with Crippen LogP contribution in [-0.2, 0) is 11.3 Å². The quantitative estimate of drug-likeness (QED) is 0.237. The second-order valence-corrected chi connectivity index (χ2v) is 8.66. The summed E-state index contributed by atoms with van der Waals surface area (Å²) in [5.74, 6) is -0.526. The molecular formula is C24H15Cl2NO4S. The van der Waals surface area contributed by atoms with Crippen LogP contribution in [0.3, 0.4) is 0 Å². The number of thioether (sulfide) groups is 1. The van der Waals surface area contributed by atoms with Crippen LogP contribution in [-0.4, -0.2) is 22.0 Å². The first-order valence-electron chi connectivity index (χ1n) is 9.47. The average Bonchev–Trinajstić information content (AvgIpc) is 3.04. The largest absolute Gasteiger partial charge is 0.423 e. The van der Waals surface area contributed by atoms with Gasteiger partial charge in [-0.3, -0.25) is 14.5 Å². The summed E-state index contributed by atoms with van der Waals surface area (Å²) in [6.07, 6.45) is 1.63. The molecule has 3 aromatic rings. The van der Waals surface area contributed by atoms with Gasteiger partial charge in [-0.05, 0) is 71.4 Å². The van der Waals surface area contributed by atoms with Gasteiger partial charge in [-0.2, -0.15) is 0 Å². The Bertz CT molecular complexity index is 1220. The molecule has 1 aliphatic rings. The van der Waals surface area contributed by atoms with Gasteiger partial charge in [-0.15, -0.1) is 0 Å². The summed E-state index contributed by atoms with van der Waals surface area (Å²) in [4.78, 5) is 38.8. The maximum absolute atomic E-state index is 12.7. The van der Waals surface area contributed by atoms with Crippen molar-refractivity contribution in [3.63, 3.8) is 0 Å². The second-order valence-electron chi connectivity index (χ2n) is 6.82. The van der Waals surface area contributed by atoms with Crippen LogP contribution in [0, 0.1) is 0 Å². The molecule has 1 heterocycles. The predicted octanol–water partition coefficient (Wildman–Crippen LogP) is 6.45. The molecule has 4 rings (SSSR count). The Morgan fingerprint density at radius 1 is 0.938 bits per heavy atom. The number of halogens is 2. The summed E-state index contributed by atoms with van der Waals surface area (Å²) in [5.41, 5.74) is 1.77. The van der Waals surface area contributed by atoms with Crippen molar-refractivity contribution in [3.8, 4) is 5.75 Å². The summed E-state index contributed by atoms with van der Waals surface area (Å²) >= 11 is 12.8. The lowest BCUT2D eigenvalue weighted by Crippen LogP contribution is -2.27. The molecule has 8 heteroatoms. The van der Waals surface area contributed by atoms with Gasteiger partial charge >= 0.3 is 5.97 Å². The number of amides is 2. The van der Waals surface area contributed by atoms with Crippen LogP contribution < -0.4 is 4.74 Å². The first-order valence-corrected chi connectivity index (χ1v) is 11.0. The SMILES string of the molecule is O=C(Oc1ccc(/C=C2\SC(=O)N(Cc3ccccc3Cl)C2=O)cc1)c1ccc(Cl)cc1. The van der Waals surface area contributed by atoms with Crippen molar-refractivity contribution >= 4 is 58.2 Å². The molecule has 1 fully saturated rings. The number of hydrogen-bond donors (Lipinski definition) is 0. The Balaban J connectivity index is 1.44. The second kappa shape index (κ2) is 9.61. The third-order valence-electron chi connectivity index (χ3n) is 4.63. The molecule has 0 unspecified atom stereocenters. The molecule has 0 atom stereocenters. The molecular weight excluding hydrogens is 469 g/mol. The van der Waals surface area contributed by atoms with E-state index in [1.165, 1.54) is 4.90 Å². The summed E-state index contributed by atoms with van der Waals surface area (Å²) in [6, 6.07) is 20.1. The topological polar surface area (TPSA) is 63.7 Å². The monoisotopic (exact) mass is 483 g/mol. The Hall–Kier alpha value is -3.06. The van der Waals surface area contributed by atoms with Gasteiger partial charge in [0, 0.05) is 10.0 Å². The zero-order valence-corrected chi connectivity index (χ0v) is 18.8. The van der Waals surface area contributed by atoms with E-state index in [0.717, 1.165) is 11.8 Å². The molecule has 2 amide bonds. The third-order valence-corrected chi connectivity index (χ3v) is 6.16. The lowest BCUT2D eigenvalue weighted by molar-refractivity contribution is -0.123. The molecule has 0 aromatic heterocycles. The van der Waals surface area contributed by atoms with Gasteiger partial charge in [0.2, 0.25) is 0 Å². The molecule has 5 nitrogen and oxygen atoms in total. The zero-order chi connectivity index (χ0) is 22.7. The van der Waals surface area contributed by atoms with Gasteiger partial charge in [0.25, 0.3) is 11.1 Å². The molecule has 3 aromatic carbocycles. The zero-order valence-electron chi connectivity index (χ0n) is 16.5. The van der Waals surface area contributed by atoms with Crippen LogP contribution in [0.25, 0.3) is 6.08 Å². The number of benzene rings is 3. The van der Waals surface area contributed by atoms with Crippen molar-refractivity contribution in [2.24, 2.45) is 0 Å². The minimum absolute atomic E-state index is 0.112. The van der Waals surface area contributed by atoms with Crippen molar-refractivity contribution in [3.05, 3.63) is 104 Å². The highest BCUT2D eigenvalue weighted by Crippen LogP contribution is 2.34. The molecule has 1 saturated heterocycles. The van der Waals surface area contributed by atoms with Crippen molar-refractivity contribution in [2.75, 3.05) is 0 Å². The van der Waals surface area contributed by atoms with Crippen molar-refractivity contribution in [1.82, 2.24) is 4.90 Å². The minimum Gasteiger partial charge on any atom is -0.423 e. The first kappa shape index (κ1) is 22.1. The van der Waals surface area contributed by atoms with E-state index in [9.17, 15) is 14.4 Å². The van der Waals surface area contributed by atoms with E-state index < -0.39 is 5.97 Å². The number of rotatable bonds is 5. The fourth-order valence-electron chi connectivity index (χ4n) is 2.97. The van der Waals surface area contributed by atoms with Crippen LogP contribution in [0.1, 0.15) is 21.5 Å². The van der Waals surface area contributed by atoms with E-state index in [2.05, 4.69) is 0 Å². The van der Waals surface area contributed by atoms with Gasteiger partial charge in [-0.25, -0.2) is 4.79 Å². The first-order chi connectivity index (χ1) is 15.4. The van der Waals surface area contributed by atoms with Gasteiger partial charge in [0.1, 0.15) is 5.75 Å². The number of carbonyl (C=O) groups is 3. The molecule has 0 saturated carbocycles. The average molecular weight is 484 g/mol. The Kier molecular flexibility index (Phi) is 6.65. The minimum atomic E-state index is -0.505. The molecule has 32 heavy (non-hydrogen) atoms. The number of carbonyl (C=O) groups excluding carboxylic acids is 3. The number of imide groups is 1. The van der Waals surface area contributed by atoms with Gasteiger partial charge in [0.05, 0.1) is 17.0 Å². The normalized spacial score (nSPS) is 14.8. The standard InChI is InChI=1S/C24H15Cl2NO4S/c25-18-9-7-16(8-10-18)23(29)31-19-11-5-15(6-12-19)13-21-22(28)27(24(30)32-21)14-17-3-1-2-4-20(17)26/h1-13H,14H2/b21-13-. The summed E-state index contributed by atoms with van der Waals surface area (Å²) < 4.78 is 5.35. The summed E-state index contributed by atoms with van der Waals surface area (Å²) in [7, 11) is 0. The maximum atomic E-state index is 12.7. The lowest BCUT2D eigenvalue weighted by Gasteiger charge is -2.13. The molecule has 0 spiro atoms. The fourth-order valence-corrected chi connectivity index (χ4v) is 4.13. The maximum Gasteiger partial charge on any atom is 0.343 e. The van der Waals surface area contributed by atoms with Crippen LogP contribution >= 0.6 is 35.0 Å². The van der Waals surface area contributed by atoms with E-state index in [1.54, 1.807) is 78.9 Å². The lowest BCUT2D eigenvalue weighted by atomic mass is 10.2. The number of nitrogens with zero attached hydrogens (tertiary/aromatic N) is 1. The van der Waals surface area contributed by atoms with Crippen LogP contribution in [0.5, 0.6) is 5.75 Å². The molecule has 1 aliphatic heterocycles. The molecule has 0 N–H and O–H groups in total. The highest BCUT2D eigenvalue weighted by molar-refractivity contribution is 8.18. The number of hydrogen-bond acceptors (Lipinski definition) is 5. The molecule has 0 aliphatic carbocycles. The highest BCUT2D eigenvalue weighted by atomic mass is 35.5. The van der Waals surface area contributed by atoms with Crippen molar-refractivity contribution in [2.45, 2.75) is 6.54 Å². The van der Waals surface area contributed by atoms with E-state index in [4.69, 9.17) is 27.9 Å². The smallest absolute Gasteiger partial charge is 0.343 e.